The molecule has 0 bridgehead atoms. The Bertz CT molecular complexity index is 566. The van der Waals surface area contributed by atoms with E-state index in [9.17, 15) is 4.79 Å². The van der Waals surface area contributed by atoms with Crippen LogP contribution in [-0.2, 0) is 9.53 Å². The Kier molecular flexibility index (Phi) is 7.32. The van der Waals surface area contributed by atoms with Gasteiger partial charge < -0.3 is 19.3 Å². The van der Waals surface area contributed by atoms with Crippen molar-refractivity contribution in [3.8, 4) is 5.75 Å². The zero-order valence-electron chi connectivity index (χ0n) is 16.0. The topological polar surface area (TPSA) is 42.0 Å². The third-order valence-corrected chi connectivity index (χ3v) is 5.38. The monoisotopic (exact) mass is 360 g/mol. The molecule has 0 radical (unpaired) electrons. The fourth-order valence-electron chi connectivity index (χ4n) is 3.91. The molecule has 0 spiro atoms. The molecular weight excluding hydrogens is 328 g/mol. The highest BCUT2D eigenvalue weighted by Crippen LogP contribution is 2.17. The Morgan fingerprint density at radius 1 is 1.27 bits per heavy atom. The highest BCUT2D eigenvalue weighted by Gasteiger charge is 2.26. The van der Waals surface area contributed by atoms with Gasteiger partial charge in [0, 0.05) is 25.8 Å². The zero-order valence-corrected chi connectivity index (χ0v) is 16.0. The molecule has 0 saturated carbocycles. The molecule has 1 aromatic carbocycles. The fraction of sp³-hybridized carbons (Fsp3) is 0.667. The van der Waals surface area contributed by atoms with Crippen LogP contribution in [0, 0.1) is 6.92 Å². The molecule has 5 heteroatoms. The van der Waals surface area contributed by atoms with Crippen LogP contribution in [0.3, 0.4) is 0 Å². The van der Waals surface area contributed by atoms with E-state index in [-0.39, 0.29) is 18.6 Å². The van der Waals surface area contributed by atoms with E-state index in [0.717, 1.165) is 56.9 Å². The third-order valence-electron chi connectivity index (χ3n) is 5.38. The first-order chi connectivity index (χ1) is 12.7. The van der Waals surface area contributed by atoms with Crippen molar-refractivity contribution in [3.05, 3.63) is 29.8 Å². The summed E-state index contributed by atoms with van der Waals surface area (Å²) in [4.78, 5) is 17.4. The fourth-order valence-corrected chi connectivity index (χ4v) is 3.91. The summed E-state index contributed by atoms with van der Waals surface area (Å²) < 4.78 is 11.2. The summed E-state index contributed by atoms with van der Waals surface area (Å²) >= 11 is 0. The largest absolute Gasteiger partial charge is 0.484 e. The van der Waals surface area contributed by atoms with E-state index in [2.05, 4.69) is 4.90 Å². The minimum Gasteiger partial charge on any atom is -0.484 e. The van der Waals surface area contributed by atoms with Gasteiger partial charge in [0.05, 0.1) is 0 Å². The van der Waals surface area contributed by atoms with E-state index in [1.165, 1.54) is 25.9 Å². The molecule has 0 aromatic heterocycles. The Labute approximate surface area is 157 Å². The molecule has 1 amide bonds. The highest BCUT2D eigenvalue weighted by molar-refractivity contribution is 5.78. The van der Waals surface area contributed by atoms with Crippen molar-refractivity contribution in [1.82, 2.24) is 9.80 Å². The van der Waals surface area contributed by atoms with Gasteiger partial charge >= 0.3 is 0 Å². The molecule has 0 aliphatic carbocycles. The lowest BCUT2D eigenvalue weighted by molar-refractivity contribution is -0.137. The van der Waals surface area contributed by atoms with Crippen LogP contribution < -0.4 is 4.74 Å². The standard InChI is InChI=1S/C21H32N2O3/c1-18-6-4-7-20(16-18)26-17-21(24)23(19-8-14-25-15-9-19)13-5-12-22-10-2-3-11-22/h4,6-7,16,19H,2-3,5,8-15,17H2,1H3. The molecule has 2 heterocycles. The quantitative estimate of drug-likeness (QED) is 0.715. The van der Waals surface area contributed by atoms with Crippen LogP contribution in [0.1, 0.15) is 37.7 Å². The second kappa shape index (κ2) is 9.93. The van der Waals surface area contributed by atoms with Gasteiger partial charge in [-0.3, -0.25) is 4.79 Å². The number of likely N-dealkylation sites (tertiary alicyclic amines) is 1. The lowest BCUT2D eigenvalue weighted by Crippen LogP contribution is -2.46. The first-order valence-corrected chi connectivity index (χ1v) is 10.0. The summed E-state index contributed by atoms with van der Waals surface area (Å²) in [7, 11) is 0. The average Bonchev–Trinajstić information content (AvgIpc) is 3.18. The molecule has 2 aliphatic heterocycles. The number of rotatable bonds is 8. The van der Waals surface area contributed by atoms with E-state index in [1.807, 2.05) is 36.1 Å². The number of amides is 1. The second-order valence-electron chi connectivity index (χ2n) is 7.44. The van der Waals surface area contributed by atoms with Crippen molar-refractivity contribution < 1.29 is 14.3 Å². The summed E-state index contributed by atoms with van der Waals surface area (Å²) in [6.07, 6.45) is 5.52. The van der Waals surface area contributed by atoms with Gasteiger partial charge in [-0.25, -0.2) is 0 Å². The van der Waals surface area contributed by atoms with E-state index in [1.54, 1.807) is 0 Å². The van der Waals surface area contributed by atoms with E-state index >= 15 is 0 Å². The van der Waals surface area contributed by atoms with Crippen molar-refractivity contribution in [1.29, 1.82) is 0 Å². The number of hydrogen-bond acceptors (Lipinski definition) is 4. The highest BCUT2D eigenvalue weighted by atomic mass is 16.5. The molecule has 26 heavy (non-hydrogen) atoms. The normalized spacial score (nSPS) is 18.8. The predicted molar refractivity (Wildman–Crippen MR) is 103 cm³/mol. The lowest BCUT2D eigenvalue weighted by Gasteiger charge is -2.34. The molecule has 2 aliphatic rings. The van der Waals surface area contributed by atoms with Crippen LogP contribution in [0.2, 0.25) is 0 Å². The number of benzene rings is 1. The molecule has 5 nitrogen and oxygen atoms in total. The maximum absolute atomic E-state index is 12.9. The van der Waals surface area contributed by atoms with Crippen LogP contribution in [0.25, 0.3) is 0 Å². The summed E-state index contributed by atoms with van der Waals surface area (Å²) in [6, 6.07) is 8.16. The molecular formula is C21H32N2O3. The Hall–Kier alpha value is -1.59. The smallest absolute Gasteiger partial charge is 0.260 e. The van der Waals surface area contributed by atoms with Crippen molar-refractivity contribution in [3.63, 3.8) is 0 Å². The van der Waals surface area contributed by atoms with Gasteiger partial charge in [0.15, 0.2) is 6.61 Å². The zero-order chi connectivity index (χ0) is 18.2. The van der Waals surface area contributed by atoms with Crippen LogP contribution >= 0.6 is 0 Å². The second-order valence-corrected chi connectivity index (χ2v) is 7.44. The number of carbonyl (C=O) groups excluding carboxylic acids is 1. The van der Waals surface area contributed by atoms with Gasteiger partial charge in [-0.05, 0) is 76.4 Å². The average molecular weight is 360 g/mol. The Morgan fingerprint density at radius 3 is 2.77 bits per heavy atom. The molecule has 0 unspecified atom stereocenters. The molecule has 3 rings (SSSR count). The Morgan fingerprint density at radius 2 is 2.04 bits per heavy atom. The van der Waals surface area contributed by atoms with Crippen molar-refractivity contribution in [2.24, 2.45) is 0 Å². The van der Waals surface area contributed by atoms with Gasteiger partial charge in [0.2, 0.25) is 0 Å². The molecule has 2 fully saturated rings. The number of ether oxygens (including phenoxy) is 2. The lowest BCUT2D eigenvalue weighted by atomic mass is 10.1. The summed E-state index contributed by atoms with van der Waals surface area (Å²) in [6.45, 7) is 7.97. The molecule has 2 saturated heterocycles. The van der Waals surface area contributed by atoms with Crippen LogP contribution in [0.4, 0.5) is 0 Å². The number of carbonyl (C=O) groups is 1. The first-order valence-electron chi connectivity index (χ1n) is 10.0. The van der Waals surface area contributed by atoms with Crippen LogP contribution in [-0.4, -0.2) is 67.7 Å². The third kappa shape index (κ3) is 5.71. The van der Waals surface area contributed by atoms with Crippen molar-refractivity contribution in [2.75, 3.05) is 46.0 Å². The number of nitrogens with zero attached hydrogens (tertiary/aromatic N) is 2. The summed E-state index contributed by atoms with van der Waals surface area (Å²) in [5.41, 5.74) is 1.14. The molecule has 1 aromatic rings. The Balaban J connectivity index is 1.53. The van der Waals surface area contributed by atoms with Crippen molar-refractivity contribution in [2.45, 2.75) is 45.1 Å². The van der Waals surface area contributed by atoms with Gasteiger partial charge in [-0.1, -0.05) is 12.1 Å². The van der Waals surface area contributed by atoms with E-state index in [4.69, 9.17) is 9.47 Å². The molecule has 0 N–H and O–H groups in total. The molecule has 144 valence electrons. The van der Waals surface area contributed by atoms with Gasteiger partial charge in [0.25, 0.3) is 5.91 Å². The number of hydrogen-bond donors (Lipinski definition) is 0. The van der Waals surface area contributed by atoms with Gasteiger partial charge in [-0.15, -0.1) is 0 Å². The maximum atomic E-state index is 12.9. The first kappa shape index (κ1) is 19.2. The summed E-state index contributed by atoms with van der Waals surface area (Å²) in [5.74, 6) is 0.863. The minimum atomic E-state index is 0.0971. The van der Waals surface area contributed by atoms with Crippen LogP contribution in [0.5, 0.6) is 5.75 Å². The maximum Gasteiger partial charge on any atom is 0.260 e. The van der Waals surface area contributed by atoms with Gasteiger partial charge in [-0.2, -0.15) is 0 Å². The van der Waals surface area contributed by atoms with E-state index in [0.29, 0.717) is 0 Å². The minimum absolute atomic E-state index is 0.0971. The number of aryl methyl sites for hydroxylation is 1. The van der Waals surface area contributed by atoms with E-state index < -0.39 is 0 Å². The molecule has 0 atom stereocenters. The summed E-state index contributed by atoms with van der Waals surface area (Å²) in [5, 5.41) is 0. The van der Waals surface area contributed by atoms with Crippen LogP contribution in [0.15, 0.2) is 24.3 Å². The SMILES string of the molecule is Cc1cccc(OCC(=O)N(CCCN2CCCC2)C2CCOCC2)c1. The predicted octanol–water partition coefficient (Wildman–Crippen LogP) is 2.87. The van der Waals surface area contributed by atoms with Crippen molar-refractivity contribution >= 4 is 5.91 Å². The van der Waals surface area contributed by atoms with Gasteiger partial charge in [0.1, 0.15) is 5.75 Å².